The van der Waals surface area contributed by atoms with E-state index >= 15 is 0 Å². The smallest absolute Gasteiger partial charge is 0.251 e. The maximum atomic E-state index is 14.7. The van der Waals surface area contributed by atoms with Crippen LogP contribution in [-0.4, -0.2) is 56.7 Å². The summed E-state index contributed by atoms with van der Waals surface area (Å²) in [5, 5.41) is 4.36. The summed E-state index contributed by atoms with van der Waals surface area (Å²) in [6, 6.07) is 11.3. The molecule has 0 unspecified atom stereocenters. The maximum Gasteiger partial charge on any atom is 0.251 e. The number of nitrogens with zero attached hydrogens (tertiary/aromatic N) is 3. The Morgan fingerprint density at radius 3 is 2.78 bits per heavy atom. The average molecular weight is 583 g/mol. The van der Waals surface area contributed by atoms with E-state index in [4.69, 9.17) is 14.2 Å². The number of nitrogens with one attached hydrogen (secondary N) is 1. The maximum absolute atomic E-state index is 14.7. The molecule has 6 rings (SSSR count). The zero-order chi connectivity index (χ0) is 28.7. The SMILES string of the molecule is COc1cnc2c(c1)OCCN2c1ccc2cnc(CNC(=O)c3cc(F)c4c(c3)S(=O)(=O)[C@@H](F)CCO4)cc2c1. The minimum atomic E-state index is -4.51. The number of amides is 1. The summed E-state index contributed by atoms with van der Waals surface area (Å²) in [5.74, 6) is -0.507. The van der Waals surface area contributed by atoms with E-state index < -0.39 is 44.1 Å². The minimum absolute atomic E-state index is 0.0194. The number of hydrogen-bond acceptors (Lipinski definition) is 9. The molecular weight excluding hydrogens is 558 g/mol. The molecule has 2 aromatic heterocycles. The molecule has 212 valence electrons. The molecule has 13 heteroatoms. The highest BCUT2D eigenvalue weighted by atomic mass is 32.2. The van der Waals surface area contributed by atoms with E-state index in [0.29, 0.717) is 36.2 Å². The van der Waals surface area contributed by atoms with Crippen LogP contribution in [0.2, 0.25) is 0 Å². The van der Waals surface area contributed by atoms with Gasteiger partial charge < -0.3 is 24.4 Å². The molecule has 1 atom stereocenters. The van der Waals surface area contributed by atoms with Gasteiger partial charge in [-0.25, -0.2) is 22.2 Å². The Labute approximate surface area is 233 Å². The number of fused-ring (bicyclic) bond motifs is 3. The summed E-state index contributed by atoms with van der Waals surface area (Å²) in [5.41, 5.74) is -1.13. The number of carbonyl (C=O) groups excluding carboxylic acids is 1. The topological polar surface area (TPSA) is 120 Å². The Morgan fingerprint density at radius 2 is 1.95 bits per heavy atom. The fraction of sp³-hybridized carbons (Fsp3) is 0.250. The monoisotopic (exact) mass is 582 g/mol. The second-order valence-corrected chi connectivity index (χ2v) is 11.5. The highest BCUT2D eigenvalue weighted by Crippen LogP contribution is 2.38. The van der Waals surface area contributed by atoms with E-state index in [1.54, 1.807) is 25.6 Å². The lowest BCUT2D eigenvalue weighted by molar-refractivity contribution is 0.0949. The molecule has 0 fully saturated rings. The van der Waals surface area contributed by atoms with Gasteiger partial charge in [-0.1, -0.05) is 6.07 Å². The van der Waals surface area contributed by atoms with Crippen molar-refractivity contribution in [1.82, 2.24) is 15.3 Å². The molecule has 1 N–H and O–H groups in total. The Morgan fingerprint density at radius 1 is 1.10 bits per heavy atom. The standard InChI is InChI=1S/C28H24F2N4O6S/c1-38-21-12-23-27(32-15-21)34(5-7-39-23)20-3-2-16-13-31-19(8-17(16)9-20)14-33-28(35)18-10-22(29)26-24(11-18)41(36,37)25(30)4-6-40-26/h2-3,8-13,15,25H,4-7,14H2,1H3,(H,33,35)/t25-/m1/s1. The van der Waals surface area contributed by atoms with Crippen molar-refractivity contribution in [3.63, 3.8) is 0 Å². The molecule has 2 aromatic carbocycles. The normalized spacial score (nSPS) is 17.4. The number of sulfone groups is 1. The van der Waals surface area contributed by atoms with Crippen LogP contribution in [0.15, 0.2) is 59.8 Å². The summed E-state index contributed by atoms with van der Waals surface area (Å²) in [6.45, 7) is 0.742. The van der Waals surface area contributed by atoms with Crippen molar-refractivity contribution < 1.29 is 36.2 Å². The van der Waals surface area contributed by atoms with Gasteiger partial charge in [0.15, 0.2) is 23.1 Å². The summed E-state index contributed by atoms with van der Waals surface area (Å²) >= 11 is 0. The first kappa shape index (κ1) is 26.7. The van der Waals surface area contributed by atoms with Crippen molar-refractivity contribution in [2.45, 2.75) is 23.4 Å². The van der Waals surface area contributed by atoms with Crippen LogP contribution in [-0.2, 0) is 16.4 Å². The number of ether oxygens (including phenoxy) is 3. The first-order valence-electron chi connectivity index (χ1n) is 12.7. The number of hydrogen-bond donors (Lipinski definition) is 1. The van der Waals surface area contributed by atoms with Crippen molar-refractivity contribution in [3.05, 3.63) is 71.9 Å². The van der Waals surface area contributed by atoms with Crippen LogP contribution in [0.1, 0.15) is 22.5 Å². The number of carbonyl (C=O) groups is 1. The number of pyridine rings is 2. The third kappa shape index (κ3) is 4.97. The van der Waals surface area contributed by atoms with E-state index in [-0.39, 0.29) is 18.7 Å². The van der Waals surface area contributed by atoms with Crippen molar-refractivity contribution in [3.8, 4) is 17.2 Å². The van der Waals surface area contributed by atoms with Crippen LogP contribution in [0, 0.1) is 5.82 Å². The van der Waals surface area contributed by atoms with Gasteiger partial charge in [0, 0.05) is 35.3 Å². The molecule has 41 heavy (non-hydrogen) atoms. The van der Waals surface area contributed by atoms with E-state index in [1.807, 2.05) is 29.2 Å². The van der Waals surface area contributed by atoms with Crippen molar-refractivity contribution in [1.29, 1.82) is 0 Å². The molecule has 1 amide bonds. The lowest BCUT2D eigenvalue weighted by atomic mass is 10.1. The number of rotatable bonds is 5. The van der Waals surface area contributed by atoms with Gasteiger partial charge in [0.2, 0.25) is 15.3 Å². The second-order valence-electron chi connectivity index (χ2n) is 9.46. The molecule has 0 aliphatic carbocycles. The van der Waals surface area contributed by atoms with Gasteiger partial charge in [0.25, 0.3) is 5.91 Å². The van der Waals surface area contributed by atoms with Gasteiger partial charge in [-0.15, -0.1) is 0 Å². The zero-order valence-corrected chi connectivity index (χ0v) is 22.6. The molecule has 10 nitrogen and oxygen atoms in total. The van der Waals surface area contributed by atoms with E-state index in [9.17, 15) is 22.0 Å². The third-order valence-corrected chi connectivity index (χ3v) is 8.71. The fourth-order valence-electron chi connectivity index (χ4n) is 4.75. The molecular formula is C28H24F2N4O6S. The molecule has 4 aromatic rings. The molecule has 2 aliphatic rings. The zero-order valence-electron chi connectivity index (χ0n) is 21.8. The van der Waals surface area contributed by atoms with Crippen LogP contribution in [0.3, 0.4) is 0 Å². The van der Waals surface area contributed by atoms with Gasteiger partial charge >= 0.3 is 0 Å². The fourth-order valence-corrected chi connectivity index (χ4v) is 6.14. The summed E-state index contributed by atoms with van der Waals surface area (Å²) < 4.78 is 70.0. The molecule has 2 aliphatic heterocycles. The van der Waals surface area contributed by atoms with Crippen molar-refractivity contribution >= 4 is 38.0 Å². The summed E-state index contributed by atoms with van der Waals surface area (Å²) in [7, 11) is -2.95. The minimum Gasteiger partial charge on any atom is -0.495 e. The molecule has 0 bridgehead atoms. The number of alkyl halides is 1. The van der Waals surface area contributed by atoms with Crippen molar-refractivity contribution in [2.75, 3.05) is 31.8 Å². The van der Waals surface area contributed by atoms with E-state index in [2.05, 4.69) is 15.3 Å². The van der Waals surface area contributed by atoms with Gasteiger partial charge in [0.05, 0.1) is 38.7 Å². The van der Waals surface area contributed by atoms with Gasteiger partial charge in [-0.3, -0.25) is 9.78 Å². The van der Waals surface area contributed by atoms with Crippen LogP contribution >= 0.6 is 0 Å². The third-order valence-electron chi connectivity index (χ3n) is 6.88. The van der Waals surface area contributed by atoms with Gasteiger partial charge in [-0.05, 0) is 35.7 Å². The molecule has 0 saturated heterocycles. The van der Waals surface area contributed by atoms with E-state index in [1.165, 1.54) is 0 Å². The lowest BCUT2D eigenvalue weighted by Gasteiger charge is -2.30. The molecule has 0 saturated carbocycles. The van der Waals surface area contributed by atoms with Crippen LogP contribution in [0.5, 0.6) is 17.2 Å². The Kier molecular flexibility index (Phi) is 6.81. The molecule has 4 heterocycles. The van der Waals surface area contributed by atoms with Crippen LogP contribution in [0.4, 0.5) is 20.3 Å². The number of anilines is 2. The van der Waals surface area contributed by atoms with Crippen molar-refractivity contribution in [2.24, 2.45) is 0 Å². The molecule has 0 spiro atoms. The lowest BCUT2D eigenvalue weighted by Crippen LogP contribution is -2.29. The average Bonchev–Trinajstić information content (AvgIpc) is 3.10. The summed E-state index contributed by atoms with van der Waals surface area (Å²) in [4.78, 5) is 23.1. The van der Waals surface area contributed by atoms with Crippen LogP contribution in [0.25, 0.3) is 10.8 Å². The Balaban J connectivity index is 1.23. The first-order valence-corrected chi connectivity index (χ1v) is 14.2. The van der Waals surface area contributed by atoms with E-state index in [0.717, 1.165) is 28.6 Å². The predicted octanol–water partition coefficient (Wildman–Crippen LogP) is 4.09. The van der Waals surface area contributed by atoms with Gasteiger partial charge in [0.1, 0.15) is 17.3 Å². The number of methoxy groups -OCH3 is 1. The summed E-state index contributed by atoms with van der Waals surface area (Å²) in [6.07, 6.45) is 2.86. The Bertz CT molecular complexity index is 1790. The van der Waals surface area contributed by atoms with Gasteiger partial charge in [-0.2, -0.15) is 0 Å². The first-order chi connectivity index (χ1) is 19.7. The number of benzene rings is 2. The number of halogens is 2. The largest absolute Gasteiger partial charge is 0.495 e. The molecule has 0 radical (unpaired) electrons. The Hall–Kier alpha value is -4.52. The predicted molar refractivity (Wildman–Crippen MR) is 145 cm³/mol. The van der Waals surface area contributed by atoms with Crippen LogP contribution < -0.4 is 24.4 Å². The highest BCUT2D eigenvalue weighted by molar-refractivity contribution is 7.92. The quantitative estimate of drug-likeness (QED) is 0.371. The second kappa shape index (κ2) is 10.5. The number of aromatic nitrogens is 2. The highest BCUT2D eigenvalue weighted by Gasteiger charge is 2.35.